The third-order valence-corrected chi connectivity index (χ3v) is 4.78. The average Bonchev–Trinajstić information content (AvgIpc) is 2.63. The Morgan fingerprint density at radius 3 is 1.68 bits per heavy atom. The fraction of sp³-hybridized carbons (Fsp3) is 0.500. The minimum atomic E-state index is -0.174. The van der Waals surface area contributed by atoms with Gasteiger partial charge < -0.3 is 5.11 Å². The van der Waals surface area contributed by atoms with Crippen molar-refractivity contribution in [1.29, 1.82) is 0 Å². The average molecular weight is 341 g/mol. The minimum Gasteiger partial charge on any atom is -0.508 e. The van der Waals surface area contributed by atoms with Gasteiger partial charge in [0.15, 0.2) is 0 Å². The lowest BCUT2D eigenvalue weighted by molar-refractivity contribution is 0.453. The molecule has 0 fully saturated rings. The summed E-state index contributed by atoms with van der Waals surface area (Å²) in [5.74, 6) is 0.358. The molecule has 0 radical (unpaired) electrons. The van der Waals surface area contributed by atoms with Gasteiger partial charge in [-0.25, -0.2) is 0 Å². The van der Waals surface area contributed by atoms with Crippen LogP contribution in [0, 0.1) is 0 Å². The molecule has 2 rings (SSSR count). The number of aromatic hydroxyl groups is 1. The molecule has 2 aromatic rings. The van der Waals surface area contributed by atoms with Gasteiger partial charge in [0, 0.05) is 11.0 Å². The lowest BCUT2D eigenvalue weighted by Crippen LogP contribution is -2.18. The second kappa shape index (κ2) is 11.7. The van der Waals surface area contributed by atoms with Gasteiger partial charge in [-0.05, 0) is 11.6 Å². The summed E-state index contributed by atoms with van der Waals surface area (Å²) in [4.78, 5) is 0. The maximum Gasteiger partial charge on any atom is 0.119 e. The van der Waals surface area contributed by atoms with Crippen molar-refractivity contribution in [3.63, 3.8) is 0 Å². The first-order valence-electron chi connectivity index (χ1n) is 9.88. The standard InChI is InChI=1S/C15H16O.C9H20/c1-15(2,12-8-4-3-5-9-12)13-10-6-7-11-14(13)16;1-3-5-7-9-8-6-4-2/h3-11,16H,1-2H3;3-9H2,1-2H3. The van der Waals surface area contributed by atoms with Crippen molar-refractivity contribution in [3.05, 3.63) is 65.7 Å². The summed E-state index contributed by atoms with van der Waals surface area (Å²) in [6.45, 7) is 8.77. The van der Waals surface area contributed by atoms with E-state index < -0.39 is 0 Å². The van der Waals surface area contributed by atoms with Crippen molar-refractivity contribution in [1.82, 2.24) is 0 Å². The maximum atomic E-state index is 9.91. The second-order valence-electron chi connectivity index (χ2n) is 7.28. The van der Waals surface area contributed by atoms with Crippen molar-refractivity contribution in [3.8, 4) is 5.75 Å². The quantitative estimate of drug-likeness (QED) is 0.494. The van der Waals surface area contributed by atoms with Crippen LogP contribution in [0.15, 0.2) is 54.6 Å². The van der Waals surface area contributed by atoms with Crippen LogP contribution in [0.25, 0.3) is 0 Å². The summed E-state index contributed by atoms with van der Waals surface area (Å²) in [6.07, 6.45) is 9.97. The van der Waals surface area contributed by atoms with E-state index in [4.69, 9.17) is 0 Å². The molecule has 0 bridgehead atoms. The van der Waals surface area contributed by atoms with Crippen molar-refractivity contribution >= 4 is 0 Å². The van der Waals surface area contributed by atoms with E-state index in [0.717, 1.165) is 5.56 Å². The Morgan fingerprint density at radius 2 is 1.16 bits per heavy atom. The molecule has 1 N–H and O–H groups in total. The molecule has 0 spiro atoms. The highest BCUT2D eigenvalue weighted by Crippen LogP contribution is 2.36. The first kappa shape index (κ1) is 21.3. The van der Waals surface area contributed by atoms with E-state index in [1.807, 2.05) is 36.4 Å². The minimum absolute atomic E-state index is 0.174. The Hall–Kier alpha value is -1.76. The van der Waals surface area contributed by atoms with Crippen LogP contribution >= 0.6 is 0 Å². The highest BCUT2D eigenvalue weighted by Gasteiger charge is 2.25. The summed E-state index contributed by atoms with van der Waals surface area (Å²) >= 11 is 0. The molecule has 138 valence electrons. The number of benzene rings is 2. The van der Waals surface area contributed by atoms with Crippen LogP contribution in [0.3, 0.4) is 0 Å². The largest absolute Gasteiger partial charge is 0.508 e. The van der Waals surface area contributed by atoms with Gasteiger partial charge in [-0.15, -0.1) is 0 Å². The summed E-state index contributed by atoms with van der Waals surface area (Å²) in [6, 6.07) is 17.7. The van der Waals surface area contributed by atoms with Crippen molar-refractivity contribution in [2.75, 3.05) is 0 Å². The van der Waals surface area contributed by atoms with E-state index in [2.05, 4.69) is 39.8 Å². The number of hydrogen-bond acceptors (Lipinski definition) is 1. The maximum absolute atomic E-state index is 9.91. The van der Waals surface area contributed by atoms with Crippen LogP contribution in [-0.4, -0.2) is 5.11 Å². The van der Waals surface area contributed by atoms with E-state index in [1.54, 1.807) is 6.07 Å². The van der Waals surface area contributed by atoms with Gasteiger partial charge in [-0.3, -0.25) is 0 Å². The summed E-state index contributed by atoms with van der Waals surface area (Å²) < 4.78 is 0. The fourth-order valence-corrected chi connectivity index (χ4v) is 3.04. The number of unbranched alkanes of at least 4 members (excludes halogenated alkanes) is 6. The molecule has 0 amide bonds. The second-order valence-corrected chi connectivity index (χ2v) is 7.28. The molecule has 25 heavy (non-hydrogen) atoms. The Morgan fingerprint density at radius 1 is 0.680 bits per heavy atom. The lowest BCUT2D eigenvalue weighted by atomic mass is 9.78. The fourth-order valence-electron chi connectivity index (χ4n) is 3.04. The highest BCUT2D eigenvalue weighted by atomic mass is 16.3. The molecule has 0 aromatic heterocycles. The summed E-state index contributed by atoms with van der Waals surface area (Å²) in [5.41, 5.74) is 1.99. The molecule has 2 aromatic carbocycles. The van der Waals surface area contributed by atoms with Crippen LogP contribution in [0.4, 0.5) is 0 Å². The highest BCUT2D eigenvalue weighted by molar-refractivity contribution is 5.44. The zero-order valence-electron chi connectivity index (χ0n) is 16.6. The Bertz CT molecular complexity index is 566. The molecule has 0 heterocycles. The molecule has 0 unspecified atom stereocenters. The number of rotatable bonds is 8. The Balaban J connectivity index is 0.000000299. The number of para-hydroxylation sites is 1. The summed E-state index contributed by atoms with van der Waals surface area (Å²) in [5, 5.41) is 9.91. The van der Waals surface area contributed by atoms with Crippen LogP contribution in [-0.2, 0) is 5.41 Å². The molecule has 0 saturated carbocycles. The number of phenols is 1. The topological polar surface area (TPSA) is 20.2 Å². The van der Waals surface area contributed by atoms with Crippen molar-refractivity contribution in [2.24, 2.45) is 0 Å². The zero-order valence-corrected chi connectivity index (χ0v) is 16.6. The molecule has 0 atom stereocenters. The van der Waals surface area contributed by atoms with E-state index in [9.17, 15) is 5.11 Å². The van der Waals surface area contributed by atoms with Gasteiger partial charge in [0.2, 0.25) is 0 Å². The van der Waals surface area contributed by atoms with Gasteiger partial charge in [-0.1, -0.05) is 121 Å². The lowest BCUT2D eigenvalue weighted by Gasteiger charge is -2.26. The first-order chi connectivity index (χ1) is 12.0. The molecule has 0 aliphatic heterocycles. The van der Waals surface area contributed by atoms with E-state index in [-0.39, 0.29) is 5.41 Å². The third kappa shape index (κ3) is 7.34. The molecule has 1 nitrogen and oxygen atoms in total. The number of phenolic OH excluding ortho intramolecular Hbond substituents is 1. The van der Waals surface area contributed by atoms with Gasteiger partial charge >= 0.3 is 0 Å². The van der Waals surface area contributed by atoms with E-state index in [0.29, 0.717) is 5.75 Å². The zero-order chi connectivity index (χ0) is 18.5. The van der Waals surface area contributed by atoms with Crippen LogP contribution in [0.2, 0.25) is 0 Å². The SMILES string of the molecule is CC(C)(c1ccccc1)c1ccccc1O.CCCCCCCCC. The Kier molecular flexibility index (Phi) is 9.99. The monoisotopic (exact) mass is 340 g/mol. The normalized spacial score (nSPS) is 10.9. The van der Waals surface area contributed by atoms with Gasteiger partial charge in [-0.2, -0.15) is 0 Å². The molecule has 1 heteroatoms. The molecule has 0 aliphatic carbocycles. The number of hydrogen-bond donors (Lipinski definition) is 1. The van der Waals surface area contributed by atoms with Crippen molar-refractivity contribution in [2.45, 2.75) is 78.1 Å². The van der Waals surface area contributed by atoms with Crippen LogP contribution in [0.1, 0.15) is 83.8 Å². The third-order valence-electron chi connectivity index (χ3n) is 4.78. The van der Waals surface area contributed by atoms with Crippen LogP contribution < -0.4 is 0 Å². The first-order valence-corrected chi connectivity index (χ1v) is 9.88. The van der Waals surface area contributed by atoms with Crippen LogP contribution in [0.5, 0.6) is 5.75 Å². The van der Waals surface area contributed by atoms with Gasteiger partial charge in [0.1, 0.15) is 5.75 Å². The van der Waals surface area contributed by atoms with Crippen molar-refractivity contribution < 1.29 is 5.11 Å². The molecule has 0 saturated heterocycles. The molecular weight excluding hydrogens is 304 g/mol. The van der Waals surface area contributed by atoms with E-state index >= 15 is 0 Å². The molecular formula is C24H36O. The van der Waals surface area contributed by atoms with Gasteiger partial charge in [0.25, 0.3) is 0 Å². The Labute approximate surface area is 155 Å². The van der Waals surface area contributed by atoms with E-state index in [1.165, 1.54) is 50.5 Å². The predicted molar refractivity (Wildman–Crippen MR) is 110 cm³/mol. The summed E-state index contributed by atoms with van der Waals surface area (Å²) in [7, 11) is 0. The molecule has 0 aliphatic rings. The predicted octanol–water partition coefficient (Wildman–Crippen LogP) is 7.48. The smallest absolute Gasteiger partial charge is 0.119 e. The van der Waals surface area contributed by atoms with Gasteiger partial charge in [0.05, 0.1) is 0 Å².